The number of carbonyl (C=O) groups is 1. The first-order valence-electron chi connectivity index (χ1n) is 12.4. The zero-order valence-electron chi connectivity index (χ0n) is 21.7. The SMILES string of the molecule is COc1c2c(cc3c1C(c1nnnn1-c1ccc(C(=O)Nc4cc(C)cc(C)c4)cc1)N(C)CC3)OCO2. The predicted molar refractivity (Wildman–Crippen MR) is 140 cm³/mol. The van der Waals surface area contributed by atoms with Crippen LogP contribution >= 0.6 is 0 Å². The van der Waals surface area contributed by atoms with E-state index in [9.17, 15) is 4.79 Å². The van der Waals surface area contributed by atoms with Gasteiger partial charge in [-0.25, -0.2) is 0 Å². The Morgan fingerprint density at radius 1 is 1.08 bits per heavy atom. The molecule has 2 aliphatic heterocycles. The summed E-state index contributed by atoms with van der Waals surface area (Å²) in [5.74, 6) is 2.39. The summed E-state index contributed by atoms with van der Waals surface area (Å²) in [6.07, 6.45) is 0.834. The van der Waals surface area contributed by atoms with Gasteiger partial charge < -0.3 is 19.5 Å². The third-order valence-corrected chi connectivity index (χ3v) is 6.99. The van der Waals surface area contributed by atoms with Gasteiger partial charge >= 0.3 is 0 Å². The van der Waals surface area contributed by atoms with Crippen molar-refractivity contribution in [3.05, 3.63) is 82.2 Å². The highest BCUT2D eigenvalue weighted by molar-refractivity contribution is 6.04. The van der Waals surface area contributed by atoms with E-state index in [2.05, 4.69) is 31.8 Å². The van der Waals surface area contributed by atoms with Crippen LogP contribution in [0.25, 0.3) is 5.69 Å². The molecule has 3 heterocycles. The lowest BCUT2D eigenvalue weighted by atomic mass is 9.90. The van der Waals surface area contributed by atoms with E-state index in [1.807, 2.05) is 51.2 Å². The maximum absolute atomic E-state index is 12.9. The standard InChI is InChI=1S/C28H28N6O4/c1-16-11-17(2)13-20(12-16)29-28(35)18-5-7-21(8-6-18)34-27(30-31-32-34)24-23-19(9-10-33(24)3)14-22-25(26(23)36-4)38-15-37-22/h5-8,11-14,24H,9-10,15H2,1-4H3,(H,29,35). The molecule has 0 radical (unpaired) electrons. The van der Waals surface area contributed by atoms with Crippen LogP contribution in [-0.4, -0.2) is 58.5 Å². The lowest BCUT2D eigenvalue weighted by Gasteiger charge is -2.34. The van der Waals surface area contributed by atoms with Crippen molar-refractivity contribution in [2.45, 2.75) is 26.3 Å². The monoisotopic (exact) mass is 512 g/mol. The first-order chi connectivity index (χ1) is 18.4. The summed E-state index contributed by atoms with van der Waals surface area (Å²) in [6.45, 7) is 4.99. The molecule has 0 fully saturated rings. The molecule has 4 aromatic rings. The van der Waals surface area contributed by atoms with Crippen LogP contribution in [0.4, 0.5) is 5.69 Å². The van der Waals surface area contributed by atoms with Crippen molar-refractivity contribution in [2.75, 3.05) is 32.8 Å². The zero-order valence-corrected chi connectivity index (χ0v) is 21.7. The number of benzene rings is 3. The first-order valence-corrected chi connectivity index (χ1v) is 12.4. The van der Waals surface area contributed by atoms with E-state index in [1.54, 1.807) is 23.9 Å². The first kappa shape index (κ1) is 23.9. The topological polar surface area (TPSA) is 104 Å². The number of rotatable bonds is 5. The van der Waals surface area contributed by atoms with Gasteiger partial charge in [-0.05, 0) is 96.9 Å². The molecule has 10 heteroatoms. The van der Waals surface area contributed by atoms with Gasteiger partial charge in [0.05, 0.1) is 12.8 Å². The smallest absolute Gasteiger partial charge is 0.255 e. The van der Waals surface area contributed by atoms with E-state index in [-0.39, 0.29) is 18.7 Å². The Labute approximate surface area is 220 Å². The molecule has 1 unspecified atom stereocenters. The van der Waals surface area contributed by atoms with Gasteiger partial charge in [0.25, 0.3) is 5.91 Å². The molecular formula is C28H28N6O4. The Bertz CT molecular complexity index is 1510. The van der Waals surface area contributed by atoms with Crippen LogP contribution in [0.3, 0.4) is 0 Å². The van der Waals surface area contributed by atoms with E-state index in [0.717, 1.165) is 46.6 Å². The van der Waals surface area contributed by atoms with Crippen molar-refractivity contribution >= 4 is 11.6 Å². The Balaban J connectivity index is 1.32. The second kappa shape index (κ2) is 9.46. The molecule has 0 bridgehead atoms. The van der Waals surface area contributed by atoms with Gasteiger partial charge in [0.15, 0.2) is 17.3 Å². The number of aromatic nitrogens is 4. The Hall–Kier alpha value is -4.44. The highest BCUT2D eigenvalue weighted by Crippen LogP contribution is 2.50. The summed E-state index contributed by atoms with van der Waals surface area (Å²) < 4.78 is 18.9. The van der Waals surface area contributed by atoms with Crippen molar-refractivity contribution in [3.8, 4) is 22.9 Å². The van der Waals surface area contributed by atoms with Gasteiger partial charge in [-0.3, -0.25) is 9.69 Å². The van der Waals surface area contributed by atoms with Crippen molar-refractivity contribution in [2.24, 2.45) is 0 Å². The fraction of sp³-hybridized carbons (Fsp3) is 0.286. The van der Waals surface area contributed by atoms with Crippen molar-refractivity contribution in [1.29, 1.82) is 0 Å². The van der Waals surface area contributed by atoms with Gasteiger partial charge in [-0.2, -0.15) is 4.68 Å². The molecular weight excluding hydrogens is 484 g/mol. The molecule has 1 N–H and O–H groups in total. The highest BCUT2D eigenvalue weighted by atomic mass is 16.7. The molecule has 6 rings (SSSR count). The number of aryl methyl sites for hydroxylation is 2. The minimum atomic E-state index is -0.272. The molecule has 2 aliphatic rings. The molecule has 1 aromatic heterocycles. The maximum Gasteiger partial charge on any atom is 0.255 e. The summed E-state index contributed by atoms with van der Waals surface area (Å²) in [6, 6.07) is 15.0. The average molecular weight is 513 g/mol. The summed E-state index contributed by atoms with van der Waals surface area (Å²) in [4.78, 5) is 15.1. The number of fused-ring (bicyclic) bond motifs is 2. The van der Waals surface area contributed by atoms with Crippen LogP contribution in [0.1, 0.15) is 44.5 Å². The summed E-state index contributed by atoms with van der Waals surface area (Å²) in [5.41, 5.74) is 6.32. The highest BCUT2D eigenvalue weighted by Gasteiger charge is 2.37. The zero-order chi connectivity index (χ0) is 26.4. The van der Waals surface area contributed by atoms with E-state index in [4.69, 9.17) is 14.2 Å². The fourth-order valence-corrected chi connectivity index (χ4v) is 5.31. The van der Waals surface area contributed by atoms with Crippen molar-refractivity contribution in [3.63, 3.8) is 0 Å². The molecule has 0 spiro atoms. The minimum absolute atomic E-state index is 0.163. The van der Waals surface area contributed by atoms with Crippen LogP contribution < -0.4 is 19.5 Å². The van der Waals surface area contributed by atoms with E-state index in [1.165, 1.54) is 0 Å². The second-order valence-corrected chi connectivity index (χ2v) is 9.68. The lowest BCUT2D eigenvalue weighted by Crippen LogP contribution is -2.35. The van der Waals surface area contributed by atoms with Gasteiger partial charge in [-0.15, -0.1) is 5.10 Å². The molecule has 0 saturated carbocycles. The maximum atomic E-state index is 12.9. The third kappa shape index (κ3) is 4.12. The summed E-state index contributed by atoms with van der Waals surface area (Å²) in [7, 11) is 3.67. The molecule has 0 aliphatic carbocycles. The number of ether oxygens (including phenoxy) is 3. The molecule has 3 aromatic carbocycles. The molecule has 1 atom stereocenters. The van der Waals surface area contributed by atoms with E-state index < -0.39 is 0 Å². The van der Waals surface area contributed by atoms with E-state index in [0.29, 0.717) is 28.6 Å². The van der Waals surface area contributed by atoms with Gasteiger partial charge in [0.1, 0.15) is 6.04 Å². The van der Waals surface area contributed by atoms with Crippen LogP contribution in [0, 0.1) is 13.8 Å². The predicted octanol–water partition coefficient (Wildman–Crippen LogP) is 3.85. The number of hydrogen-bond donors (Lipinski definition) is 1. The summed E-state index contributed by atoms with van der Waals surface area (Å²) in [5, 5.41) is 15.7. The molecule has 38 heavy (non-hydrogen) atoms. The number of nitrogens with zero attached hydrogens (tertiary/aromatic N) is 5. The number of carbonyl (C=O) groups excluding carboxylic acids is 1. The fourth-order valence-electron chi connectivity index (χ4n) is 5.31. The largest absolute Gasteiger partial charge is 0.492 e. The van der Waals surface area contributed by atoms with E-state index >= 15 is 0 Å². The molecule has 194 valence electrons. The number of nitrogens with one attached hydrogen (secondary N) is 1. The van der Waals surface area contributed by atoms with Crippen molar-refractivity contribution < 1.29 is 19.0 Å². The van der Waals surface area contributed by atoms with Gasteiger partial charge in [0.2, 0.25) is 12.5 Å². The number of anilines is 1. The normalized spacial score (nSPS) is 16.3. The van der Waals surface area contributed by atoms with Gasteiger partial charge in [-0.1, -0.05) is 6.07 Å². The average Bonchev–Trinajstić information content (AvgIpc) is 3.57. The Morgan fingerprint density at radius 3 is 2.58 bits per heavy atom. The number of amides is 1. The van der Waals surface area contributed by atoms with Crippen LogP contribution in [0.15, 0.2) is 48.5 Å². The number of methoxy groups -OCH3 is 1. The molecule has 0 saturated heterocycles. The molecule has 1 amide bonds. The minimum Gasteiger partial charge on any atom is -0.492 e. The molecule has 10 nitrogen and oxygen atoms in total. The second-order valence-electron chi connectivity index (χ2n) is 9.68. The van der Waals surface area contributed by atoms with Crippen molar-refractivity contribution in [1.82, 2.24) is 25.1 Å². The lowest BCUT2D eigenvalue weighted by molar-refractivity contribution is 0.102. The third-order valence-electron chi connectivity index (χ3n) is 6.99. The van der Waals surface area contributed by atoms with Crippen LogP contribution in [0.5, 0.6) is 17.2 Å². The summed E-state index contributed by atoms with van der Waals surface area (Å²) >= 11 is 0. The van der Waals surface area contributed by atoms with Crippen LogP contribution in [0.2, 0.25) is 0 Å². The van der Waals surface area contributed by atoms with Gasteiger partial charge in [0, 0.05) is 23.4 Å². The quantitative estimate of drug-likeness (QED) is 0.430. The number of likely N-dealkylation sites (N-methyl/N-ethyl adjacent to an activating group) is 1. The number of tetrazole rings is 1. The number of hydrogen-bond acceptors (Lipinski definition) is 8. The Morgan fingerprint density at radius 2 is 1.84 bits per heavy atom. The Kier molecular flexibility index (Phi) is 5.96. The van der Waals surface area contributed by atoms with Crippen LogP contribution in [-0.2, 0) is 6.42 Å².